The number of rotatable bonds is 7. The number of nitrogens with zero attached hydrogens (tertiary/aromatic N) is 3. The largest absolute Gasteiger partial charge is 0.306 e. The molecule has 2 heterocycles. The minimum atomic E-state index is -3.48. The predicted octanol–water partition coefficient (Wildman–Crippen LogP) is 2.39. The average molecular weight is 398 g/mol. The summed E-state index contributed by atoms with van der Waals surface area (Å²) in [6, 6.07) is 6.93. The maximum absolute atomic E-state index is 13.8. The third-order valence-corrected chi connectivity index (χ3v) is 7.48. The van der Waals surface area contributed by atoms with Crippen molar-refractivity contribution in [1.82, 2.24) is 14.1 Å². The van der Waals surface area contributed by atoms with Crippen molar-refractivity contribution in [2.24, 2.45) is 5.92 Å². The van der Waals surface area contributed by atoms with Crippen LogP contribution in [0, 0.1) is 11.7 Å². The van der Waals surface area contributed by atoms with Crippen LogP contribution in [0.3, 0.4) is 0 Å². The molecule has 0 aliphatic carbocycles. The summed E-state index contributed by atoms with van der Waals surface area (Å²) >= 11 is 0. The fraction of sp³-hybridized carbons (Fsp3) is 0.700. The first-order valence-corrected chi connectivity index (χ1v) is 11.5. The highest BCUT2D eigenvalue weighted by atomic mass is 32.2. The van der Waals surface area contributed by atoms with Gasteiger partial charge in [0.25, 0.3) is 0 Å². The van der Waals surface area contributed by atoms with Gasteiger partial charge in [-0.15, -0.1) is 0 Å². The summed E-state index contributed by atoms with van der Waals surface area (Å²) in [5.74, 6) is -0.162. The molecule has 0 atom stereocenters. The van der Waals surface area contributed by atoms with E-state index in [0.717, 1.165) is 32.5 Å². The quantitative estimate of drug-likeness (QED) is 0.709. The highest BCUT2D eigenvalue weighted by Gasteiger charge is 2.41. The molecule has 0 N–H and O–H groups in total. The molecule has 0 aromatic heterocycles. The predicted molar refractivity (Wildman–Crippen MR) is 106 cm³/mol. The van der Waals surface area contributed by atoms with E-state index in [2.05, 4.69) is 30.7 Å². The standard InChI is InChI=1S/C20H32FN3O2S/c1-16(2)12-24(18-8-10-22(3)11-9-18)19-13-23(14-19)27(25,26)15-17-6-4-5-7-20(17)21/h4-7,16,18-19H,8-15H2,1-3H3. The van der Waals surface area contributed by atoms with Crippen molar-refractivity contribution in [3.05, 3.63) is 35.6 Å². The van der Waals surface area contributed by atoms with Crippen LogP contribution in [0.4, 0.5) is 4.39 Å². The van der Waals surface area contributed by atoms with Gasteiger partial charge in [-0.25, -0.2) is 12.8 Å². The fourth-order valence-corrected chi connectivity index (χ4v) is 5.71. The highest BCUT2D eigenvalue weighted by Crippen LogP contribution is 2.27. The van der Waals surface area contributed by atoms with Crippen molar-refractivity contribution in [3.63, 3.8) is 0 Å². The van der Waals surface area contributed by atoms with E-state index in [0.29, 0.717) is 25.0 Å². The molecule has 152 valence electrons. The van der Waals surface area contributed by atoms with Crippen molar-refractivity contribution in [1.29, 1.82) is 0 Å². The number of benzene rings is 1. The van der Waals surface area contributed by atoms with E-state index >= 15 is 0 Å². The molecule has 3 rings (SSSR count). The SMILES string of the molecule is CC(C)CN(C1CCN(C)CC1)C1CN(S(=O)(=O)Cc2ccccc2F)C1. The van der Waals surface area contributed by atoms with Crippen LogP contribution in [-0.2, 0) is 15.8 Å². The Bertz CT molecular complexity index is 726. The second-order valence-electron chi connectivity index (χ2n) is 8.44. The molecule has 2 aliphatic heterocycles. The number of piperidine rings is 1. The Labute approximate surface area is 163 Å². The van der Waals surface area contributed by atoms with Crippen LogP contribution in [0.5, 0.6) is 0 Å². The Balaban J connectivity index is 1.62. The van der Waals surface area contributed by atoms with Crippen LogP contribution < -0.4 is 0 Å². The third-order valence-electron chi connectivity index (χ3n) is 5.72. The Morgan fingerprint density at radius 3 is 2.37 bits per heavy atom. The minimum absolute atomic E-state index is 0.246. The van der Waals surface area contributed by atoms with Gasteiger partial charge in [-0.3, -0.25) is 4.90 Å². The maximum Gasteiger partial charge on any atom is 0.218 e. The summed E-state index contributed by atoms with van der Waals surface area (Å²) in [6.45, 7) is 8.68. The van der Waals surface area contributed by atoms with Gasteiger partial charge in [0.15, 0.2) is 0 Å². The average Bonchev–Trinajstić information content (AvgIpc) is 2.55. The minimum Gasteiger partial charge on any atom is -0.306 e. The molecule has 7 heteroatoms. The number of hydrogen-bond donors (Lipinski definition) is 0. The molecule has 2 fully saturated rings. The molecule has 1 aromatic rings. The van der Waals surface area contributed by atoms with E-state index in [1.807, 2.05) is 0 Å². The molecule has 0 spiro atoms. The van der Waals surface area contributed by atoms with Crippen molar-refractivity contribution < 1.29 is 12.8 Å². The molecule has 5 nitrogen and oxygen atoms in total. The Morgan fingerprint density at radius 2 is 1.78 bits per heavy atom. The molecular weight excluding hydrogens is 365 g/mol. The number of halogens is 1. The van der Waals surface area contributed by atoms with Crippen LogP contribution in [0.2, 0.25) is 0 Å². The van der Waals surface area contributed by atoms with Crippen molar-refractivity contribution in [2.75, 3.05) is 39.8 Å². The number of likely N-dealkylation sites (tertiary alicyclic amines) is 1. The molecule has 1 aromatic carbocycles. The van der Waals surface area contributed by atoms with Gasteiger partial charge in [0.2, 0.25) is 10.0 Å². The van der Waals surface area contributed by atoms with E-state index in [4.69, 9.17) is 0 Å². The van der Waals surface area contributed by atoms with Gasteiger partial charge in [0.05, 0.1) is 5.75 Å². The van der Waals surface area contributed by atoms with Crippen molar-refractivity contribution in [3.8, 4) is 0 Å². The van der Waals surface area contributed by atoms with Crippen LogP contribution in [0.1, 0.15) is 32.3 Å². The van der Waals surface area contributed by atoms with Crippen LogP contribution in [-0.4, -0.2) is 74.4 Å². The molecule has 0 bridgehead atoms. The summed E-state index contributed by atoms with van der Waals surface area (Å²) < 4.78 is 40.7. The van der Waals surface area contributed by atoms with Gasteiger partial charge in [0, 0.05) is 37.3 Å². The lowest BCUT2D eigenvalue weighted by atomic mass is 9.97. The summed E-state index contributed by atoms with van der Waals surface area (Å²) in [5.41, 5.74) is 0.246. The highest BCUT2D eigenvalue weighted by molar-refractivity contribution is 7.88. The first-order valence-electron chi connectivity index (χ1n) is 9.92. The molecule has 2 saturated heterocycles. The summed E-state index contributed by atoms with van der Waals surface area (Å²) in [6.07, 6.45) is 2.28. The first kappa shape index (κ1) is 20.7. The van der Waals surface area contributed by atoms with Gasteiger partial charge < -0.3 is 4.90 Å². The van der Waals surface area contributed by atoms with E-state index in [9.17, 15) is 12.8 Å². The normalized spacial score (nSPS) is 21.1. The van der Waals surface area contributed by atoms with E-state index in [1.54, 1.807) is 18.2 Å². The first-order chi connectivity index (χ1) is 12.8. The molecule has 2 aliphatic rings. The van der Waals surface area contributed by atoms with Gasteiger partial charge in [-0.1, -0.05) is 32.0 Å². The molecule has 0 radical (unpaired) electrons. The second-order valence-corrected chi connectivity index (χ2v) is 10.4. The lowest BCUT2D eigenvalue weighted by Gasteiger charge is -2.49. The molecule has 0 saturated carbocycles. The van der Waals surface area contributed by atoms with Gasteiger partial charge in [0.1, 0.15) is 5.82 Å². The summed E-state index contributed by atoms with van der Waals surface area (Å²) in [7, 11) is -1.32. The summed E-state index contributed by atoms with van der Waals surface area (Å²) in [5, 5.41) is 0. The topological polar surface area (TPSA) is 43.9 Å². The monoisotopic (exact) mass is 397 g/mol. The van der Waals surface area contributed by atoms with E-state index in [1.165, 1.54) is 10.4 Å². The zero-order valence-corrected chi connectivity index (χ0v) is 17.5. The van der Waals surface area contributed by atoms with Gasteiger partial charge in [-0.2, -0.15) is 4.31 Å². The lowest BCUT2D eigenvalue weighted by molar-refractivity contribution is 0.0176. The van der Waals surface area contributed by atoms with E-state index in [-0.39, 0.29) is 17.4 Å². The molecular formula is C20H32FN3O2S. The van der Waals surface area contributed by atoms with E-state index < -0.39 is 15.8 Å². The Morgan fingerprint density at radius 1 is 1.15 bits per heavy atom. The Hall–Kier alpha value is -1.02. The molecule has 27 heavy (non-hydrogen) atoms. The zero-order chi connectivity index (χ0) is 19.6. The lowest BCUT2D eigenvalue weighted by Crippen LogP contribution is -2.64. The van der Waals surface area contributed by atoms with Gasteiger partial charge >= 0.3 is 0 Å². The maximum atomic E-state index is 13.8. The summed E-state index contributed by atoms with van der Waals surface area (Å²) in [4.78, 5) is 4.89. The smallest absolute Gasteiger partial charge is 0.218 e. The zero-order valence-electron chi connectivity index (χ0n) is 16.6. The second kappa shape index (κ2) is 8.55. The molecule has 0 unspecified atom stereocenters. The Kier molecular flexibility index (Phi) is 6.56. The van der Waals surface area contributed by atoms with Gasteiger partial charge in [-0.05, 0) is 45.0 Å². The number of hydrogen-bond acceptors (Lipinski definition) is 4. The van der Waals surface area contributed by atoms with Crippen molar-refractivity contribution in [2.45, 2.75) is 44.5 Å². The van der Waals surface area contributed by atoms with Crippen molar-refractivity contribution >= 4 is 10.0 Å². The van der Waals surface area contributed by atoms with Crippen LogP contribution in [0.15, 0.2) is 24.3 Å². The van der Waals surface area contributed by atoms with Crippen LogP contribution in [0.25, 0.3) is 0 Å². The van der Waals surface area contributed by atoms with Crippen LogP contribution >= 0.6 is 0 Å². The fourth-order valence-electron chi connectivity index (χ4n) is 4.10. The molecule has 0 amide bonds. The third kappa shape index (κ3) is 5.08. The number of sulfonamides is 1.